The molecule has 11 heteroatoms. The van der Waals surface area contributed by atoms with E-state index >= 15 is 0 Å². The minimum Gasteiger partial charge on any atom is -0.467 e. The number of amides is 3. The van der Waals surface area contributed by atoms with Crippen molar-refractivity contribution < 1.29 is 38.6 Å². The Morgan fingerprint density at radius 1 is 0.673 bits per heavy atom. The second-order valence-corrected chi connectivity index (χ2v) is 19.8. The Bertz CT molecular complexity index is 1430. The van der Waals surface area contributed by atoms with Gasteiger partial charge in [0.15, 0.2) is 6.10 Å². The maximum atomic E-state index is 13.6. The number of nitrogens with one attached hydrogen (secondary N) is 1. The Balaban J connectivity index is 0.000000203. The molecule has 2 heterocycles. The lowest BCUT2D eigenvalue weighted by atomic mass is 9.79. The van der Waals surface area contributed by atoms with Crippen LogP contribution < -0.4 is 5.32 Å². The van der Waals surface area contributed by atoms with Crippen molar-refractivity contribution in [2.45, 2.75) is 156 Å². The monoisotopic (exact) mass is 770 g/mol. The Labute approximate surface area is 329 Å². The predicted molar refractivity (Wildman–Crippen MR) is 208 cm³/mol. The molecule has 0 radical (unpaired) electrons. The van der Waals surface area contributed by atoms with Crippen molar-refractivity contribution in [2.24, 2.45) is 64.1 Å². The summed E-state index contributed by atoms with van der Waals surface area (Å²) in [5, 5.41) is 13.6. The molecule has 2 saturated heterocycles. The van der Waals surface area contributed by atoms with Gasteiger partial charge in [-0.2, -0.15) is 0 Å². The molecule has 2 aliphatic heterocycles. The SMILES string of the molecule is COC(=O)C(O)C(CC1CCC1)NC(=O)[C@@H]1C2C(CN1C(=O)[C@@H](C)C1CCCCC1)C2(C)C.COC(=O)[C@@H]1C2C(CN1C(=O)[C@@H](C)C1CCCCC1)C2(C)C. The summed E-state index contributed by atoms with van der Waals surface area (Å²) in [5.74, 6) is 1.50. The minimum absolute atomic E-state index is 0.0251. The van der Waals surface area contributed by atoms with Crippen LogP contribution in [0.5, 0.6) is 0 Å². The molecule has 0 bridgehead atoms. The maximum Gasteiger partial charge on any atom is 0.336 e. The van der Waals surface area contributed by atoms with Crippen LogP contribution in [0.1, 0.15) is 131 Å². The number of hydrogen-bond donors (Lipinski definition) is 2. The Kier molecular flexibility index (Phi) is 12.7. The molecule has 0 spiro atoms. The second-order valence-electron chi connectivity index (χ2n) is 19.8. The first-order valence-electron chi connectivity index (χ1n) is 21.8. The summed E-state index contributed by atoms with van der Waals surface area (Å²) < 4.78 is 9.75. The third-order valence-electron chi connectivity index (χ3n) is 16.2. The van der Waals surface area contributed by atoms with Gasteiger partial charge in [-0.25, -0.2) is 9.59 Å². The van der Waals surface area contributed by atoms with Crippen LogP contribution in [0.3, 0.4) is 0 Å². The van der Waals surface area contributed by atoms with E-state index in [0.717, 1.165) is 51.5 Å². The van der Waals surface area contributed by atoms with Crippen LogP contribution in [0, 0.1) is 64.1 Å². The molecule has 6 unspecified atom stereocenters. The number of nitrogens with zero attached hydrogens (tertiary/aromatic N) is 2. The summed E-state index contributed by atoms with van der Waals surface area (Å²) in [4.78, 5) is 68.1. The summed E-state index contributed by atoms with van der Waals surface area (Å²) in [6.07, 6.45) is 14.3. The zero-order valence-electron chi connectivity index (χ0n) is 35.0. The van der Waals surface area contributed by atoms with E-state index in [4.69, 9.17) is 9.47 Å². The van der Waals surface area contributed by atoms with Crippen molar-refractivity contribution in [1.82, 2.24) is 15.1 Å². The number of rotatable bonds is 11. The lowest BCUT2D eigenvalue weighted by Crippen LogP contribution is -2.56. The number of methoxy groups -OCH3 is 2. The van der Waals surface area contributed by atoms with Gasteiger partial charge in [0.05, 0.1) is 20.3 Å². The van der Waals surface area contributed by atoms with E-state index in [0.29, 0.717) is 42.6 Å². The number of ether oxygens (including phenoxy) is 2. The molecule has 0 aromatic carbocycles. The van der Waals surface area contributed by atoms with E-state index in [2.05, 4.69) is 39.9 Å². The number of aliphatic hydroxyl groups excluding tert-OH is 1. The molecular formula is C44H71N3O8. The number of carbonyl (C=O) groups excluding carboxylic acids is 5. The molecule has 5 aliphatic carbocycles. The lowest BCUT2D eigenvalue weighted by Gasteiger charge is -2.37. The quantitative estimate of drug-likeness (QED) is 0.253. The number of piperidine rings is 2. The van der Waals surface area contributed by atoms with Gasteiger partial charge in [-0.3, -0.25) is 14.4 Å². The van der Waals surface area contributed by atoms with Gasteiger partial charge in [0, 0.05) is 30.8 Å². The molecule has 2 N–H and O–H groups in total. The van der Waals surface area contributed by atoms with E-state index in [-0.39, 0.29) is 64.2 Å². The van der Waals surface area contributed by atoms with Crippen LogP contribution in [0.4, 0.5) is 0 Å². The van der Waals surface area contributed by atoms with Crippen molar-refractivity contribution >= 4 is 29.7 Å². The molecule has 55 heavy (non-hydrogen) atoms. The van der Waals surface area contributed by atoms with Crippen molar-refractivity contribution in [2.75, 3.05) is 27.3 Å². The van der Waals surface area contributed by atoms with Crippen molar-refractivity contribution in [1.29, 1.82) is 0 Å². The van der Waals surface area contributed by atoms with E-state index < -0.39 is 24.2 Å². The highest BCUT2D eigenvalue weighted by molar-refractivity contribution is 5.91. The van der Waals surface area contributed by atoms with Crippen LogP contribution in [0.2, 0.25) is 0 Å². The summed E-state index contributed by atoms with van der Waals surface area (Å²) in [5.41, 5.74) is 0.195. The van der Waals surface area contributed by atoms with E-state index in [1.807, 2.05) is 16.7 Å². The summed E-state index contributed by atoms with van der Waals surface area (Å²) >= 11 is 0. The molecule has 7 aliphatic rings. The van der Waals surface area contributed by atoms with Gasteiger partial charge in [0.2, 0.25) is 17.7 Å². The standard InChI is InChI=1S/C26H42N2O5.C18H29NO3/c1-15(17-11-6-5-7-12-17)24(31)28-14-18-20(26(18,2)3)21(28)23(30)27-19(13-16-9-8-10-16)22(29)25(32)33-4;1-11(12-8-6-5-7-9-12)16(20)19-10-13-14(18(13,2)3)15(19)17(21)22-4/h15-22,29H,5-14H2,1-4H3,(H,27,30);11-15H,5-10H2,1-4H3/t15-,18?,19?,20?,21-,22?;11-,13?,14?,15-/m00/s1. The highest BCUT2D eigenvalue weighted by Crippen LogP contribution is 2.66. The number of likely N-dealkylation sites (tertiary alicyclic amines) is 2. The molecule has 11 nitrogen and oxygen atoms in total. The smallest absolute Gasteiger partial charge is 0.336 e. The van der Waals surface area contributed by atoms with Gasteiger partial charge in [-0.05, 0) is 78.4 Å². The average molecular weight is 770 g/mol. The molecule has 10 atom stereocenters. The first kappa shape index (κ1) is 41.9. The summed E-state index contributed by atoms with van der Waals surface area (Å²) in [6, 6.07) is -1.58. The molecular weight excluding hydrogens is 698 g/mol. The van der Waals surface area contributed by atoms with Crippen molar-refractivity contribution in [3.05, 3.63) is 0 Å². The van der Waals surface area contributed by atoms with Crippen LogP contribution in [0.15, 0.2) is 0 Å². The van der Waals surface area contributed by atoms with Crippen molar-refractivity contribution in [3.8, 4) is 0 Å². The average Bonchev–Trinajstić information content (AvgIpc) is 3.63. The van der Waals surface area contributed by atoms with Gasteiger partial charge >= 0.3 is 11.9 Å². The number of esters is 2. The van der Waals surface area contributed by atoms with Gasteiger partial charge in [-0.15, -0.1) is 0 Å². The van der Waals surface area contributed by atoms with Crippen LogP contribution in [-0.4, -0.2) is 96.1 Å². The molecule has 310 valence electrons. The van der Waals surface area contributed by atoms with Crippen LogP contribution >= 0.6 is 0 Å². The maximum absolute atomic E-state index is 13.6. The Morgan fingerprint density at radius 2 is 1.13 bits per heavy atom. The fourth-order valence-corrected chi connectivity index (χ4v) is 11.8. The zero-order valence-corrected chi connectivity index (χ0v) is 35.0. The minimum atomic E-state index is -1.39. The van der Waals surface area contributed by atoms with Crippen LogP contribution in [-0.2, 0) is 33.4 Å². The summed E-state index contributed by atoms with van der Waals surface area (Å²) in [7, 11) is 2.67. The fourth-order valence-electron chi connectivity index (χ4n) is 11.8. The van der Waals surface area contributed by atoms with Gasteiger partial charge < -0.3 is 29.7 Å². The number of fused-ring (bicyclic) bond motifs is 2. The normalized spacial score (nSPS) is 33.0. The Hall–Kier alpha value is -2.69. The number of aliphatic hydroxyl groups is 1. The molecule has 7 fully saturated rings. The first-order valence-corrected chi connectivity index (χ1v) is 21.8. The van der Waals surface area contributed by atoms with Gasteiger partial charge in [0.25, 0.3) is 0 Å². The third kappa shape index (κ3) is 8.20. The largest absolute Gasteiger partial charge is 0.467 e. The number of carbonyl (C=O) groups is 5. The predicted octanol–water partition coefficient (Wildman–Crippen LogP) is 5.75. The van der Waals surface area contributed by atoms with Gasteiger partial charge in [-0.1, -0.05) is 99.3 Å². The fraction of sp³-hybridized carbons (Fsp3) is 0.886. The van der Waals surface area contributed by atoms with Crippen molar-refractivity contribution in [3.63, 3.8) is 0 Å². The van der Waals surface area contributed by atoms with Gasteiger partial charge in [0.1, 0.15) is 12.1 Å². The van der Waals surface area contributed by atoms with E-state index in [9.17, 15) is 29.1 Å². The molecule has 5 saturated carbocycles. The van der Waals surface area contributed by atoms with E-state index in [1.54, 1.807) is 0 Å². The number of hydrogen-bond acceptors (Lipinski definition) is 8. The highest BCUT2D eigenvalue weighted by atomic mass is 16.5. The summed E-state index contributed by atoms with van der Waals surface area (Å²) in [6.45, 7) is 14.2. The van der Waals surface area contributed by atoms with E-state index in [1.165, 1.54) is 52.7 Å². The molecule has 0 aromatic heterocycles. The molecule has 7 rings (SSSR count). The third-order valence-corrected chi connectivity index (χ3v) is 16.2. The Morgan fingerprint density at radius 3 is 1.55 bits per heavy atom. The highest BCUT2D eigenvalue weighted by Gasteiger charge is 2.71. The zero-order chi connectivity index (χ0) is 40.0. The second kappa shape index (κ2) is 16.7. The lowest BCUT2D eigenvalue weighted by molar-refractivity contribution is -0.155. The molecule has 0 aromatic rings. The molecule has 3 amide bonds. The first-order chi connectivity index (χ1) is 26.1. The van der Waals surface area contributed by atoms with Crippen LogP contribution in [0.25, 0.3) is 0 Å². The topological polar surface area (TPSA) is 143 Å².